The molecule has 100 valence electrons. The molecule has 0 saturated heterocycles. The van der Waals surface area contributed by atoms with Crippen molar-refractivity contribution < 1.29 is 4.79 Å². The molecule has 20 heavy (non-hydrogen) atoms. The third kappa shape index (κ3) is 2.47. The zero-order valence-corrected chi connectivity index (χ0v) is 11.0. The summed E-state index contributed by atoms with van der Waals surface area (Å²) in [6.45, 7) is 0. The number of hydrogen-bond acceptors (Lipinski definition) is 2. The molecular weight excluding hydrogens is 252 g/mol. The summed E-state index contributed by atoms with van der Waals surface area (Å²) < 4.78 is 1.75. The van der Waals surface area contributed by atoms with E-state index in [1.54, 1.807) is 29.2 Å². The van der Waals surface area contributed by atoms with E-state index in [4.69, 9.17) is 0 Å². The molecule has 1 aromatic carbocycles. The van der Waals surface area contributed by atoms with E-state index in [0.717, 1.165) is 16.8 Å². The van der Waals surface area contributed by atoms with E-state index >= 15 is 0 Å². The molecule has 0 spiro atoms. The first kappa shape index (κ1) is 12.2. The molecule has 2 heterocycles. The van der Waals surface area contributed by atoms with Crippen molar-refractivity contribution in [1.82, 2.24) is 14.8 Å². The lowest BCUT2D eigenvalue weighted by atomic mass is 10.1. The predicted octanol–water partition coefficient (Wildman–Crippen LogP) is 2.67. The third-order valence-corrected chi connectivity index (χ3v) is 3.00. The number of hydrogen-bond donors (Lipinski definition) is 2. The Morgan fingerprint density at radius 3 is 2.85 bits per heavy atom. The molecule has 0 radical (unpaired) electrons. The number of carbonyl (C=O) groups excluding carboxylic acids is 1. The second-order valence-corrected chi connectivity index (χ2v) is 4.52. The van der Waals surface area contributed by atoms with Crippen LogP contribution >= 0.6 is 0 Å². The smallest absolute Gasteiger partial charge is 0.272 e. The van der Waals surface area contributed by atoms with Gasteiger partial charge < -0.3 is 10.3 Å². The topological polar surface area (TPSA) is 62.7 Å². The van der Waals surface area contributed by atoms with Crippen molar-refractivity contribution in [2.24, 2.45) is 7.05 Å². The van der Waals surface area contributed by atoms with Crippen molar-refractivity contribution in [3.05, 3.63) is 60.7 Å². The molecule has 3 rings (SSSR count). The molecule has 2 N–H and O–H groups in total. The maximum atomic E-state index is 12.0. The van der Waals surface area contributed by atoms with Crippen LogP contribution in [0.15, 0.2) is 55.0 Å². The number of aryl methyl sites for hydroxylation is 1. The number of rotatable bonds is 3. The Labute approximate surface area is 116 Å². The van der Waals surface area contributed by atoms with Gasteiger partial charge in [0.1, 0.15) is 5.69 Å². The minimum Gasteiger partial charge on any atom is -0.357 e. The molecule has 5 heteroatoms. The fourth-order valence-corrected chi connectivity index (χ4v) is 2.02. The standard InChI is InChI=1S/C15H14N4O/c1-19-10-12(9-17-19)11-4-2-5-13(8-11)18-15(20)14-6-3-7-16-14/h2-10,16H,1H3,(H,18,20). The highest BCUT2D eigenvalue weighted by Gasteiger charge is 2.07. The van der Waals surface area contributed by atoms with E-state index in [-0.39, 0.29) is 5.91 Å². The minimum atomic E-state index is -0.154. The van der Waals surface area contributed by atoms with Gasteiger partial charge in [0, 0.05) is 30.7 Å². The third-order valence-electron chi connectivity index (χ3n) is 3.00. The normalized spacial score (nSPS) is 10.4. The monoisotopic (exact) mass is 266 g/mol. The van der Waals surface area contributed by atoms with Gasteiger partial charge in [0.2, 0.25) is 0 Å². The van der Waals surface area contributed by atoms with Crippen LogP contribution in [-0.2, 0) is 7.05 Å². The van der Waals surface area contributed by atoms with Crippen molar-refractivity contribution in [2.45, 2.75) is 0 Å². The lowest BCUT2D eigenvalue weighted by Gasteiger charge is -2.05. The van der Waals surface area contributed by atoms with Crippen LogP contribution in [0, 0.1) is 0 Å². The van der Waals surface area contributed by atoms with Gasteiger partial charge in [-0.25, -0.2) is 0 Å². The highest BCUT2D eigenvalue weighted by molar-refractivity contribution is 6.03. The van der Waals surface area contributed by atoms with E-state index in [1.165, 1.54) is 0 Å². The number of H-pyrrole nitrogens is 1. The molecule has 5 nitrogen and oxygen atoms in total. The van der Waals surface area contributed by atoms with Crippen molar-refractivity contribution in [1.29, 1.82) is 0 Å². The summed E-state index contributed by atoms with van der Waals surface area (Å²) in [4.78, 5) is 14.8. The van der Waals surface area contributed by atoms with E-state index in [2.05, 4.69) is 15.4 Å². The lowest BCUT2D eigenvalue weighted by molar-refractivity contribution is 0.102. The van der Waals surface area contributed by atoms with Gasteiger partial charge in [-0.2, -0.15) is 5.10 Å². The first-order chi connectivity index (χ1) is 9.72. The van der Waals surface area contributed by atoms with Crippen LogP contribution in [0.3, 0.4) is 0 Å². The van der Waals surface area contributed by atoms with Gasteiger partial charge >= 0.3 is 0 Å². The Kier molecular flexibility index (Phi) is 3.09. The second kappa shape index (κ2) is 5.05. The van der Waals surface area contributed by atoms with Gasteiger partial charge in [-0.1, -0.05) is 12.1 Å². The number of aromatic nitrogens is 3. The molecule has 1 amide bonds. The molecule has 0 fully saturated rings. The summed E-state index contributed by atoms with van der Waals surface area (Å²) in [5, 5.41) is 7.01. The van der Waals surface area contributed by atoms with Crippen LogP contribution in [0.2, 0.25) is 0 Å². The SMILES string of the molecule is Cn1cc(-c2cccc(NC(=O)c3ccc[nH]3)c2)cn1. The fraction of sp³-hybridized carbons (Fsp3) is 0.0667. The Morgan fingerprint density at radius 1 is 1.25 bits per heavy atom. The number of nitrogens with zero attached hydrogens (tertiary/aromatic N) is 2. The van der Waals surface area contributed by atoms with E-state index in [1.807, 2.05) is 37.5 Å². The minimum absolute atomic E-state index is 0.154. The molecule has 0 bridgehead atoms. The van der Waals surface area contributed by atoms with Crippen molar-refractivity contribution >= 4 is 11.6 Å². The summed E-state index contributed by atoms with van der Waals surface area (Å²) in [6.07, 6.45) is 5.46. The highest BCUT2D eigenvalue weighted by atomic mass is 16.1. The Bertz CT molecular complexity index is 728. The lowest BCUT2D eigenvalue weighted by Crippen LogP contribution is -2.12. The Hall–Kier alpha value is -2.82. The summed E-state index contributed by atoms with van der Waals surface area (Å²) in [5.74, 6) is -0.154. The van der Waals surface area contributed by atoms with E-state index in [0.29, 0.717) is 5.69 Å². The predicted molar refractivity (Wildman–Crippen MR) is 77.4 cm³/mol. The molecule has 2 aromatic heterocycles. The zero-order valence-electron chi connectivity index (χ0n) is 11.0. The van der Waals surface area contributed by atoms with Gasteiger partial charge in [0.25, 0.3) is 5.91 Å². The van der Waals surface area contributed by atoms with Crippen LogP contribution in [0.1, 0.15) is 10.5 Å². The number of carbonyl (C=O) groups is 1. The number of anilines is 1. The van der Waals surface area contributed by atoms with Gasteiger partial charge in [0.15, 0.2) is 0 Å². The molecule has 0 saturated carbocycles. The fourth-order valence-electron chi connectivity index (χ4n) is 2.02. The van der Waals surface area contributed by atoms with Crippen LogP contribution < -0.4 is 5.32 Å². The first-order valence-corrected chi connectivity index (χ1v) is 6.26. The van der Waals surface area contributed by atoms with Crippen LogP contribution in [0.4, 0.5) is 5.69 Å². The first-order valence-electron chi connectivity index (χ1n) is 6.26. The molecular formula is C15H14N4O. The van der Waals surface area contributed by atoms with Gasteiger partial charge in [-0.3, -0.25) is 9.48 Å². The van der Waals surface area contributed by atoms with Crippen LogP contribution in [0.25, 0.3) is 11.1 Å². The molecule has 0 aliphatic rings. The number of amides is 1. The summed E-state index contributed by atoms with van der Waals surface area (Å²) in [6, 6.07) is 11.2. The largest absolute Gasteiger partial charge is 0.357 e. The number of benzene rings is 1. The average Bonchev–Trinajstić information content (AvgIpc) is 3.10. The molecule has 3 aromatic rings. The Morgan fingerprint density at radius 2 is 2.15 bits per heavy atom. The van der Waals surface area contributed by atoms with Crippen LogP contribution in [0.5, 0.6) is 0 Å². The highest BCUT2D eigenvalue weighted by Crippen LogP contribution is 2.22. The molecule has 0 aliphatic heterocycles. The quantitative estimate of drug-likeness (QED) is 0.765. The summed E-state index contributed by atoms with van der Waals surface area (Å²) >= 11 is 0. The average molecular weight is 266 g/mol. The molecule has 0 atom stereocenters. The summed E-state index contributed by atoms with van der Waals surface area (Å²) in [5.41, 5.74) is 3.33. The Balaban J connectivity index is 1.83. The second-order valence-electron chi connectivity index (χ2n) is 4.52. The summed E-state index contributed by atoms with van der Waals surface area (Å²) in [7, 11) is 1.88. The maximum Gasteiger partial charge on any atom is 0.272 e. The van der Waals surface area contributed by atoms with Crippen LogP contribution in [-0.4, -0.2) is 20.7 Å². The van der Waals surface area contributed by atoms with Gasteiger partial charge in [0.05, 0.1) is 6.20 Å². The van der Waals surface area contributed by atoms with Crippen molar-refractivity contribution in [3.63, 3.8) is 0 Å². The molecule has 0 unspecified atom stereocenters. The van der Waals surface area contributed by atoms with Gasteiger partial charge in [-0.05, 0) is 29.8 Å². The number of aromatic amines is 1. The van der Waals surface area contributed by atoms with Crippen molar-refractivity contribution in [3.8, 4) is 11.1 Å². The van der Waals surface area contributed by atoms with Gasteiger partial charge in [-0.15, -0.1) is 0 Å². The van der Waals surface area contributed by atoms with E-state index < -0.39 is 0 Å². The molecule has 0 aliphatic carbocycles. The maximum absolute atomic E-state index is 12.0. The zero-order chi connectivity index (χ0) is 13.9. The van der Waals surface area contributed by atoms with E-state index in [9.17, 15) is 4.79 Å². The number of nitrogens with one attached hydrogen (secondary N) is 2. The van der Waals surface area contributed by atoms with Crippen molar-refractivity contribution in [2.75, 3.05) is 5.32 Å².